The third-order valence-corrected chi connectivity index (χ3v) is 6.44. The van der Waals surface area contributed by atoms with Gasteiger partial charge in [0.2, 0.25) is 0 Å². The lowest BCUT2D eigenvalue weighted by atomic mass is 10.2. The third kappa shape index (κ3) is 6.11. The Morgan fingerprint density at radius 1 is 0.957 bits per heavy atom. The summed E-state index contributed by atoms with van der Waals surface area (Å²) in [7, 11) is 0. The van der Waals surface area contributed by atoms with Gasteiger partial charge in [-0.05, 0) is 42.5 Å². The number of nitrogens with zero attached hydrogens (tertiary/aromatic N) is 1. The van der Waals surface area contributed by atoms with Crippen LogP contribution in [0, 0.1) is 0 Å². The SMILES string of the molecule is CCCSC(SCCC)c1ccccc1OCc1ccccn1. The van der Waals surface area contributed by atoms with Crippen LogP contribution in [0.2, 0.25) is 0 Å². The normalized spacial score (nSPS) is 10.9. The van der Waals surface area contributed by atoms with Gasteiger partial charge in [-0.1, -0.05) is 38.1 Å². The number of thioether (sulfide) groups is 2. The minimum absolute atomic E-state index is 0.440. The Morgan fingerprint density at radius 2 is 1.65 bits per heavy atom. The van der Waals surface area contributed by atoms with E-state index in [4.69, 9.17) is 4.74 Å². The van der Waals surface area contributed by atoms with Crippen LogP contribution in [0.1, 0.15) is 42.5 Å². The molecular weight excluding hydrogens is 322 g/mol. The molecule has 0 aliphatic heterocycles. The maximum Gasteiger partial charge on any atom is 0.130 e. The van der Waals surface area contributed by atoms with Crippen LogP contribution < -0.4 is 4.74 Å². The van der Waals surface area contributed by atoms with Crippen molar-refractivity contribution in [3.63, 3.8) is 0 Å². The van der Waals surface area contributed by atoms with Crippen molar-refractivity contribution in [3.8, 4) is 5.75 Å². The van der Waals surface area contributed by atoms with E-state index < -0.39 is 0 Å². The molecule has 0 fully saturated rings. The Hall–Kier alpha value is -1.13. The van der Waals surface area contributed by atoms with Gasteiger partial charge in [0.05, 0.1) is 10.3 Å². The molecular formula is C19H25NOS2. The Labute approximate surface area is 148 Å². The lowest BCUT2D eigenvalue weighted by Crippen LogP contribution is -2.02. The summed E-state index contributed by atoms with van der Waals surface area (Å²) in [5.74, 6) is 3.33. The minimum Gasteiger partial charge on any atom is -0.487 e. The van der Waals surface area contributed by atoms with E-state index in [-0.39, 0.29) is 0 Å². The highest BCUT2D eigenvalue weighted by Crippen LogP contribution is 2.43. The summed E-state index contributed by atoms with van der Waals surface area (Å²) in [5.41, 5.74) is 2.25. The minimum atomic E-state index is 0.440. The first-order valence-electron chi connectivity index (χ1n) is 8.20. The second-order valence-corrected chi connectivity index (χ2v) is 7.95. The van der Waals surface area contributed by atoms with Crippen LogP contribution in [0.15, 0.2) is 48.7 Å². The largest absolute Gasteiger partial charge is 0.487 e. The van der Waals surface area contributed by atoms with Crippen molar-refractivity contribution in [2.45, 2.75) is 37.9 Å². The molecule has 0 unspecified atom stereocenters. The second-order valence-electron chi connectivity index (χ2n) is 5.22. The summed E-state index contributed by atoms with van der Waals surface area (Å²) in [6.45, 7) is 4.98. The fourth-order valence-corrected chi connectivity index (χ4v) is 4.73. The van der Waals surface area contributed by atoms with Crippen LogP contribution in [0.4, 0.5) is 0 Å². The van der Waals surface area contributed by atoms with Crippen LogP contribution >= 0.6 is 23.5 Å². The lowest BCUT2D eigenvalue weighted by molar-refractivity contribution is 0.299. The molecule has 1 heterocycles. The van der Waals surface area contributed by atoms with Crippen molar-refractivity contribution in [2.24, 2.45) is 0 Å². The van der Waals surface area contributed by atoms with Crippen LogP contribution in [0.5, 0.6) is 5.75 Å². The second kappa shape index (κ2) is 10.6. The quantitative estimate of drug-likeness (QED) is 0.495. The first-order chi connectivity index (χ1) is 11.3. The average molecular weight is 348 g/mol. The Balaban J connectivity index is 2.09. The Bertz CT molecular complexity index is 554. The Kier molecular flexibility index (Phi) is 8.40. The van der Waals surface area contributed by atoms with Crippen molar-refractivity contribution in [1.82, 2.24) is 4.98 Å². The highest BCUT2D eigenvalue weighted by molar-refractivity contribution is 8.16. The van der Waals surface area contributed by atoms with Crippen LogP contribution in [-0.2, 0) is 6.61 Å². The third-order valence-electron chi connectivity index (χ3n) is 3.22. The topological polar surface area (TPSA) is 22.1 Å². The number of aromatic nitrogens is 1. The summed E-state index contributed by atoms with van der Waals surface area (Å²) in [6, 6.07) is 14.3. The highest BCUT2D eigenvalue weighted by Gasteiger charge is 2.16. The first-order valence-corrected chi connectivity index (χ1v) is 10.3. The predicted molar refractivity (Wildman–Crippen MR) is 103 cm³/mol. The Morgan fingerprint density at radius 3 is 2.30 bits per heavy atom. The molecule has 0 amide bonds. The summed E-state index contributed by atoms with van der Waals surface area (Å²) < 4.78 is 6.51. The molecule has 2 aromatic rings. The number of para-hydroxylation sites is 1. The van der Waals surface area contributed by atoms with Gasteiger partial charge in [0, 0.05) is 11.8 Å². The van der Waals surface area contributed by atoms with Crippen LogP contribution in [0.25, 0.3) is 0 Å². The number of hydrogen-bond donors (Lipinski definition) is 0. The molecule has 1 aromatic heterocycles. The summed E-state index contributed by atoms with van der Waals surface area (Å²) >= 11 is 4.04. The number of benzene rings is 1. The maximum absolute atomic E-state index is 6.07. The van der Waals surface area contributed by atoms with Gasteiger partial charge in [-0.25, -0.2) is 0 Å². The molecule has 0 N–H and O–H groups in total. The molecule has 0 atom stereocenters. The number of rotatable bonds is 10. The van der Waals surface area contributed by atoms with E-state index in [1.54, 1.807) is 0 Å². The molecule has 23 heavy (non-hydrogen) atoms. The molecule has 124 valence electrons. The van der Waals surface area contributed by atoms with Crippen molar-refractivity contribution in [2.75, 3.05) is 11.5 Å². The summed E-state index contributed by atoms with van der Waals surface area (Å²) in [6.07, 6.45) is 4.21. The van der Waals surface area contributed by atoms with Crippen molar-refractivity contribution in [1.29, 1.82) is 0 Å². The fourth-order valence-electron chi connectivity index (χ4n) is 2.12. The molecule has 0 radical (unpaired) electrons. The van der Waals surface area contributed by atoms with Gasteiger partial charge in [0.1, 0.15) is 12.4 Å². The van der Waals surface area contributed by atoms with E-state index in [2.05, 4.69) is 37.0 Å². The van der Waals surface area contributed by atoms with Crippen molar-refractivity contribution in [3.05, 3.63) is 59.9 Å². The van der Waals surface area contributed by atoms with Crippen molar-refractivity contribution >= 4 is 23.5 Å². The van der Waals surface area contributed by atoms with E-state index in [1.165, 1.54) is 29.9 Å². The molecule has 2 rings (SSSR count). The van der Waals surface area contributed by atoms with E-state index in [9.17, 15) is 0 Å². The van der Waals surface area contributed by atoms with Gasteiger partial charge >= 0.3 is 0 Å². The van der Waals surface area contributed by atoms with E-state index in [0.717, 1.165) is 11.4 Å². The number of pyridine rings is 1. The van der Waals surface area contributed by atoms with E-state index in [0.29, 0.717) is 11.2 Å². The van der Waals surface area contributed by atoms with Crippen LogP contribution in [0.3, 0.4) is 0 Å². The highest BCUT2D eigenvalue weighted by atomic mass is 32.2. The van der Waals surface area contributed by atoms with Gasteiger partial charge in [-0.3, -0.25) is 4.98 Å². The molecule has 0 aliphatic carbocycles. The molecule has 0 saturated carbocycles. The molecule has 0 bridgehead atoms. The van der Waals surface area contributed by atoms with Gasteiger partial charge in [0.25, 0.3) is 0 Å². The average Bonchev–Trinajstić information content (AvgIpc) is 2.61. The molecule has 4 heteroatoms. The zero-order chi connectivity index (χ0) is 16.3. The molecule has 0 aliphatic rings. The number of hydrogen-bond acceptors (Lipinski definition) is 4. The van der Waals surface area contributed by atoms with E-state index in [1.807, 2.05) is 54.0 Å². The summed E-state index contributed by atoms with van der Waals surface area (Å²) in [4.78, 5) is 4.33. The summed E-state index contributed by atoms with van der Waals surface area (Å²) in [5, 5.41) is 0. The molecule has 0 saturated heterocycles. The molecule has 2 nitrogen and oxygen atoms in total. The van der Waals surface area contributed by atoms with Gasteiger partial charge in [-0.15, -0.1) is 23.5 Å². The predicted octanol–water partition coefficient (Wildman–Crippen LogP) is 5.95. The standard InChI is InChI=1S/C19H25NOS2/c1-3-13-22-19(23-14-4-2)17-10-5-6-11-18(17)21-15-16-9-7-8-12-20-16/h5-12,19H,3-4,13-15H2,1-2H3. The zero-order valence-corrected chi connectivity index (χ0v) is 15.5. The number of ether oxygens (including phenoxy) is 1. The first kappa shape index (κ1) is 18.2. The van der Waals surface area contributed by atoms with Crippen molar-refractivity contribution < 1.29 is 4.74 Å². The lowest BCUT2D eigenvalue weighted by Gasteiger charge is -2.19. The zero-order valence-electron chi connectivity index (χ0n) is 13.9. The molecule has 0 spiro atoms. The monoisotopic (exact) mass is 347 g/mol. The van der Waals surface area contributed by atoms with Crippen LogP contribution in [-0.4, -0.2) is 16.5 Å². The smallest absolute Gasteiger partial charge is 0.130 e. The maximum atomic E-state index is 6.07. The molecule has 1 aromatic carbocycles. The van der Waals surface area contributed by atoms with Gasteiger partial charge in [0.15, 0.2) is 0 Å². The fraction of sp³-hybridized carbons (Fsp3) is 0.421. The van der Waals surface area contributed by atoms with E-state index >= 15 is 0 Å². The van der Waals surface area contributed by atoms with Gasteiger partial charge < -0.3 is 4.74 Å². The van der Waals surface area contributed by atoms with Gasteiger partial charge in [-0.2, -0.15) is 0 Å².